The van der Waals surface area contributed by atoms with Crippen molar-refractivity contribution < 1.29 is 9.47 Å². The van der Waals surface area contributed by atoms with Gasteiger partial charge in [0, 0.05) is 12.1 Å². The molecule has 0 spiro atoms. The van der Waals surface area contributed by atoms with E-state index in [2.05, 4.69) is 33.0 Å². The van der Waals surface area contributed by atoms with Gasteiger partial charge in [0.2, 0.25) is 0 Å². The highest BCUT2D eigenvalue weighted by Crippen LogP contribution is 2.32. The molecular weight excluding hydrogens is 294 g/mol. The maximum Gasteiger partial charge on any atom is 0.129 e. The molecule has 7 heteroatoms. The number of anilines is 1. The SMILES string of the molecule is c1cc2c(nc1C1NCc3[nH]ncc31)NC(C1COCCO1)C2. The Labute approximate surface area is 133 Å². The Balaban J connectivity index is 1.38. The number of ether oxygens (including phenoxy) is 2. The second kappa shape index (κ2) is 5.30. The molecule has 2 aromatic rings. The van der Waals surface area contributed by atoms with E-state index >= 15 is 0 Å². The summed E-state index contributed by atoms with van der Waals surface area (Å²) in [5.74, 6) is 0.973. The van der Waals surface area contributed by atoms with Crippen LogP contribution in [0.2, 0.25) is 0 Å². The topological polar surface area (TPSA) is 84.1 Å². The molecule has 120 valence electrons. The Bertz CT molecular complexity index is 725. The number of hydrogen-bond donors (Lipinski definition) is 3. The standard InChI is InChI=1S/C16H19N5O2/c1-2-11(15-10-6-18-21-13(10)7-17-15)19-16-9(1)5-12(20-16)14-8-22-3-4-23-14/h1-2,6,12,14-15,17H,3-5,7-8H2,(H,18,21)(H,19,20). The summed E-state index contributed by atoms with van der Waals surface area (Å²) in [7, 11) is 0. The molecule has 3 atom stereocenters. The van der Waals surface area contributed by atoms with Crippen LogP contribution >= 0.6 is 0 Å². The van der Waals surface area contributed by atoms with E-state index < -0.39 is 0 Å². The van der Waals surface area contributed by atoms with Gasteiger partial charge >= 0.3 is 0 Å². The van der Waals surface area contributed by atoms with Crippen LogP contribution in [0.3, 0.4) is 0 Å². The minimum atomic E-state index is 0.103. The largest absolute Gasteiger partial charge is 0.376 e. The number of fused-ring (bicyclic) bond motifs is 2. The van der Waals surface area contributed by atoms with E-state index in [0.717, 1.165) is 30.2 Å². The molecule has 0 amide bonds. The second-order valence-electron chi connectivity index (χ2n) is 6.30. The van der Waals surface area contributed by atoms with E-state index in [0.29, 0.717) is 19.8 Å². The Hall–Kier alpha value is -1.96. The van der Waals surface area contributed by atoms with Crippen molar-refractivity contribution in [3.8, 4) is 0 Å². The van der Waals surface area contributed by atoms with Crippen LogP contribution < -0.4 is 10.6 Å². The zero-order chi connectivity index (χ0) is 15.2. The molecule has 0 saturated carbocycles. The summed E-state index contributed by atoms with van der Waals surface area (Å²) in [6.07, 6.45) is 2.93. The van der Waals surface area contributed by atoms with Gasteiger partial charge in [-0.15, -0.1) is 0 Å². The summed E-state index contributed by atoms with van der Waals surface area (Å²) in [6, 6.07) is 4.65. The highest BCUT2D eigenvalue weighted by molar-refractivity contribution is 5.53. The van der Waals surface area contributed by atoms with Gasteiger partial charge in [-0.25, -0.2) is 4.98 Å². The van der Waals surface area contributed by atoms with Gasteiger partial charge in [-0.2, -0.15) is 5.10 Å². The van der Waals surface area contributed by atoms with E-state index in [1.54, 1.807) is 0 Å². The third kappa shape index (κ3) is 2.23. The van der Waals surface area contributed by atoms with Crippen LogP contribution in [-0.2, 0) is 22.4 Å². The van der Waals surface area contributed by atoms with E-state index in [9.17, 15) is 0 Å². The lowest BCUT2D eigenvalue weighted by molar-refractivity contribution is -0.0936. The lowest BCUT2D eigenvalue weighted by Crippen LogP contribution is -2.41. The van der Waals surface area contributed by atoms with Crippen molar-refractivity contribution >= 4 is 5.82 Å². The van der Waals surface area contributed by atoms with Crippen molar-refractivity contribution in [2.45, 2.75) is 31.2 Å². The summed E-state index contributed by atoms with van der Waals surface area (Å²) < 4.78 is 11.3. The Kier molecular flexibility index (Phi) is 3.10. The first-order chi connectivity index (χ1) is 11.4. The lowest BCUT2D eigenvalue weighted by atomic mass is 10.0. The van der Waals surface area contributed by atoms with Crippen LogP contribution in [0.25, 0.3) is 0 Å². The minimum absolute atomic E-state index is 0.103. The first-order valence-corrected chi connectivity index (χ1v) is 8.10. The maximum absolute atomic E-state index is 5.82. The third-order valence-corrected chi connectivity index (χ3v) is 4.89. The second-order valence-corrected chi connectivity index (χ2v) is 6.30. The number of hydrogen-bond acceptors (Lipinski definition) is 6. The normalized spacial score (nSPS) is 29.1. The van der Waals surface area contributed by atoms with Gasteiger partial charge in [-0.1, -0.05) is 6.07 Å². The Morgan fingerprint density at radius 2 is 2.22 bits per heavy atom. The number of aromatic amines is 1. The summed E-state index contributed by atoms with van der Waals surface area (Å²) in [6.45, 7) is 2.83. The van der Waals surface area contributed by atoms with Crippen LogP contribution in [0.5, 0.6) is 0 Å². The predicted octanol–water partition coefficient (Wildman–Crippen LogP) is 0.749. The van der Waals surface area contributed by atoms with Gasteiger partial charge < -0.3 is 14.8 Å². The number of nitrogens with zero attached hydrogens (tertiary/aromatic N) is 2. The number of pyridine rings is 1. The summed E-state index contributed by atoms with van der Waals surface area (Å²) >= 11 is 0. The zero-order valence-corrected chi connectivity index (χ0v) is 12.7. The quantitative estimate of drug-likeness (QED) is 0.759. The Morgan fingerprint density at radius 1 is 1.22 bits per heavy atom. The molecule has 2 aromatic heterocycles. The fraction of sp³-hybridized carbons (Fsp3) is 0.500. The highest BCUT2D eigenvalue weighted by Gasteiger charge is 2.33. The average molecular weight is 313 g/mol. The summed E-state index contributed by atoms with van der Waals surface area (Å²) in [5, 5.41) is 14.2. The van der Waals surface area contributed by atoms with E-state index in [1.165, 1.54) is 11.1 Å². The number of nitrogens with one attached hydrogen (secondary N) is 3. The third-order valence-electron chi connectivity index (χ3n) is 4.89. The minimum Gasteiger partial charge on any atom is -0.376 e. The molecule has 0 aliphatic carbocycles. The lowest BCUT2D eigenvalue weighted by Gasteiger charge is -2.28. The molecule has 3 aliphatic rings. The number of rotatable bonds is 2. The van der Waals surface area contributed by atoms with Crippen LogP contribution in [0.15, 0.2) is 18.3 Å². The summed E-state index contributed by atoms with van der Waals surface area (Å²) in [5.41, 5.74) is 4.61. The summed E-state index contributed by atoms with van der Waals surface area (Å²) in [4.78, 5) is 4.85. The molecule has 0 aromatic carbocycles. The molecule has 1 fully saturated rings. The van der Waals surface area contributed by atoms with Crippen molar-refractivity contribution in [2.24, 2.45) is 0 Å². The highest BCUT2D eigenvalue weighted by atomic mass is 16.6. The molecule has 3 aliphatic heterocycles. The molecule has 5 rings (SSSR count). The predicted molar refractivity (Wildman–Crippen MR) is 83.2 cm³/mol. The van der Waals surface area contributed by atoms with Crippen LogP contribution in [0, 0.1) is 0 Å². The fourth-order valence-electron chi connectivity index (χ4n) is 3.67. The van der Waals surface area contributed by atoms with E-state index in [1.807, 2.05) is 6.20 Å². The smallest absolute Gasteiger partial charge is 0.129 e. The van der Waals surface area contributed by atoms with Gasteiger partial charge in [-0.3, -0.25) is 10.4 Å². The van der Waals surface area contributed by atoms with E-state index in [4.69, 9.17) is 14.5 Å². The van der Waals surface area contributed by atoms with Crippen LogP contribution in [-0.4, -0.2) is 47.1 Å². The first kappa shape index (κ1) is 13.5. The zero-order valence-electron chi connectivity index (χ0n) is 12.7. The monoisotopic (exact) mass is 313 g/mol. The molecular formula is C16H19N5O2. The molecule has 0 bridgehead atoms. The van der Waals surface area contributed by atoms with Crippen LogP contribution in [0.4, 0.5) is 5.82 Å². The van der Waals surface area contributed by atoms with Gasteiger partial charge in [0.1, 0.15) is 11.9 Å². The number of H-pyrrole nitrogens is 1. The van der Waals surface area contributed by atoms with Gasteiger partial charge in [0.15, 0.2) is 0 Å². The van der Waals surface area contributed by atoms with Gasteiger partial charge in [-0.05, 0) is 18.1 Å². The molecule has 1 saturated heterocycles. The van der Waals surface area contributed by atoms with Crippen molar-refractivity contribution in [3.05, 3.63) is 40.8 Å². The molecule has 23 heavy (non-hydrogen) atoms. The molecule has 5 heterocycles. The molecule has 3 N–H and O–H groups in total. The van der Waals surface area contributed by atoms with Crippen LogP contribution in [0.1, 0.15) is 28.6 Å². The maximum atomic E-state index is 5.82. The Morgan fingerprint density at radius 3 is 3.13 bits per heavy atom. The fourth-order valence-corrected chi connectivity index (χ4v) is 3.67. The molecule has 0 radical (unpaired) electrons. The van der Waals surface area contributed by atoms with Crippen molar-refractivity contribution in [3.63, 3.8) is 0 Å². The van der Waals surface area contributed by atoms with Crippen molar-refractivity contribution in [1.82, 2.24) is 20.5 Å². The van der Waals surface area contributed by atoms with Gasteiger partial charge in [0.05, 0.1) is 49.5 Å². The number of aromatic nitrogens is 3. The van der Waals surface area contributed by atoms with Crippen molar-refractivity contribution in [2.75, 3.05) is 25.1 Å². The molecule has 3 unspecified atom stereocenters. The first-order valence-electron chi connectivity index (χ1n) is 8.10. The molecule has 7 nitrogen and oxygen atoms in total. The van der Waals surface area contributed by atoms with Crippen molar-refractivity contribution in [1.29, 1.82) is 0 Å². The van der Waals surface area contributed by atoms with Gasteiger partial charge in [0.25, 0.3) is 0 Å². The van der Waals surface area contributed by atoms with E-state index in [-0.39, 0.29) is 18.2 Å². The average Bonchev–Trinajstić information content (AvgIpc) is 3.29.